The van der Waals surface area contributed by atoms with Crippen LogP contribution < -0.4 is 10.1 Å². The van der Waals surface area contributed by atoms with Crippen molar-refractivity contribution in [3.05, 3.63) is 94.3 Å². The zero-order valence-electron chi connectivity index (χ0n) is 23.2. The molecule has 0 spiro atoms. The fraction of sp³-hybridized carbons (Fsp3) is 0.375. The van der Waals surface area contributed by atoms with Crippen molar-refractivity contribution in [1.29, 1.82) is 0 Å². The molecule has 3 heterocycles. The number of likely N-dealkylation sites (tertiary alicyclic amines) is 1. The Labute approximate surface area is 240 Å². The minimum atomic E-state index is -0.968. The maximum absolute atomic E-state index is 12.9. The average molecular weight is 562 g/mol. The van der Waals surface area contributed by atoms with Crippen molar-refractivity contribution in [2.24, 2.45) is 0 Å². The van der Waals surface area contributed by atoms with Crippen LogP contribution in [-0.4, -0.2) is 53.2 Å². The van der Waals surface area contributed by atoms with Crippen molar-refractivity contribution in [3.8, 4) is 5.75 Å². The topological polar surface area (TPSA) is 83.9 Å². The maximum atomic E-state index is 12.9. The highest BCUT2D eigenvalue weighted by atomic mass is 35.5. The molecule has 210 valence electrons. The Morgan fingerprint density at radius 1 is 1.18 bits per heavy atom. The van der Waals surface area contributed by atoms with Gasteiger partial charge in [0.1, 0.15) is 17.9 Å². The van der Waals surface area contributed by atoms with Crippen molar-refractivity contribution in [1.82, 2.24) is 9.88 Å². The fourth-order valence-electron chi connectivity index (χ4n) is 5.49. The second-order valence-electron chi connectivity index (χ2n) is 11.0. The van der Waals surface area contributed by atoms with E-state index in [-0.39, 0.29) is 5.97 Å². The number of methoxy groups -OCH3 is 1. The fourth-order valence-corrected chi connectivity index (χ4v) is 5.62. The number of benzene rings is 2. The van der Waals surface area contributed by atoms with E-state index in [4.69, 9.17) is 21.1 Å². The van der Waals surface area contributed by atoms with E-state index in [2.05, 4.69) is 27.3 Å². The van der Waals surface area contributed by atoms with Crippen LogP contribution in [-0.2, 0) is 21.7 Å². The Bertz CT molecular complexity index is 1390. The lowest BCUT2D eigenvalue weighted by Gasteiger charge is -2.40. The highest BCUT2D eigenvalue weighted by Crippen LogP contribution is 2.39. The predicted octanol–water partition coefficient (Wildman–Crippen LogP) is 5.80. The summed E-state index contributed by atoms with van der Waals surface area (Å²) >= 11 is 6.04. The number of esters is 1. The first-order chi connectivity index (χ1) is 19.2. The number of ether oxygens (including phenoxy) is 2. The summed E-state index contributed by atoms with van der Waals surface area (Å²) in [5.74, 6) is 0.539. The van der Waals surface area contributed by atoms with E-state index in [1.807, 2.05) is 48.5 Å². The number of piperidine rings is 1. The molecule has 40 heavy (non-hydrogen) atoms. The first-order valence-corrected chi connectivity index (χ1v) is 14.1. The third-order valence-corrected chi connectivity index (χ3v) is 8.08. The van der Waals surface area contributed by atoms with Crippen LogP contribution in [0.3, 0.4) is 0 Å². The van der Waals surface area contributed by atoms with Crippen molar-refractivity contribution >= 4 is 28.8 Å². The Kier molecular flexibility index (Phi) is 8.17. The quantitative estimate of drug-likeness (QED) is 0.353. The zero-order chi connectivity index (χ0) is 28.3. The Balaban J connectivity index is 1.33. The molecular weight excluding hydrogens is 526 g/mol. The van der Waals surface area contributed by atoms with Gasteiger partial charge in [-0.2, -0.15) is 0 Å². The Hall–Kier alpha value is -3.39. The van der Waals surface area contributed by atoms with E-state index < -0.39 is 11.1 Å². The van der Waals surface area contributed by atoms with Crippen molar-refractivity contribution in [3.63, 3.8) is 0 Å². The van der Waals surface area contributed by atoms with Crippen LogP contribution in [0.4, 0.5) is 5.69 Å². The van der Waals surface area contributed by atoms with Crippen LogP contribution >= 0.6 is 11.6 Å². The van der Waals surface area contributed by atoms with Crippen LogP contribution in [0.25, 0.3) is 5.57 Å². The SMILES string of the molecule is COC(=O)C1(Nc2ccc(Cl)cc2)CCN(CC/C=C2\c3cc(C(C)(C)O)ccc3OCc3ncccc32)CC1. The number of nitrogens with zero attached hydrogens (tertiary/aromatic N) is 2. The highest BCUT2D eigenvalue weighted by Gasteiger charge is 2.42. The summed E-state index contributed by atoms with van der Waals surface area (Å²) in [7, 11) is 1.44. The Morgan fingerprint density at radius 2 is 1.93 bits per heavy atom. The lowest BCUT2D eigenvalue weighted by molar-refractivity contribution is -0.147. The summed E-state index contributed by atoms with van der Waals surface area (Å²) in [6.45, 7) is 6.35. The molecule has 8 heteroatoms. The summed E-state index contributed by atoms with van der Waals surface area (Å²) in [5, 5.41) is 14.8. The van der Waals surface area contributed by atoms with Crippen LogP contribution in [0, 0.1) is 0 Å². The molecule has 1 aromatic heterocycles. The second-order valence-corrected chi connectivity index (χ2v) is 11.4. The van der Waals surface area contributed by atoms with Crippen LogP contribution in [0.15, 0.2) is 66.9 Å². The van der Waals surface area contributed by atoms with Gasteiger partial charge >= 0.3 is 5.97 Å². The summed E-state index contributed by atoms with van der Waals surface area (Å²) in [6.07, 6.45) is 6.12. The van der Waals surface area contributed by atoms with Gasteiger partial charge in [0.15, 0.2) is 0 Å². The van der Waals surface area contributed by atoms with Crippen molar-refractivity contribution in [2.75, 3.05) is 32.1 Å². The van der Waals surface area contributed by atoms with Crippen LogP contribution in [0.2, 0.25) is 5.02 Å². The summed E-state index contributed by atoms with van der Waals surface area (Å²) in [5.41, 5.74) is 3.90. The van der Waals surface area contributed by atoms with Crippen LogP contribution in [0.1, 0.15) is 55.5 Å². The van der Waals surface area contributed by atoms with E-state index >= 15 is 0 Å². The predicted molar refractivity (Wildman–Crippen MR) is 157 cm³/mol. The second kappa shape index (κ2) is 11.6. The number of anilines is 1. The molecule has 0 unspecified atom stereocenters. The lowest BCUT2D eigenvalue weighted by Crippen LogP contribution is -2.55. The largest absolute Gasteiger partial charge is 0.487 e. The zero-order valence-corrected chi connectivity index (χ0v) is 24.0. The normalized spacial score (nSPS) is 17.8. The summed E-state index contributed by atoms with van der Waals surface area (Å²) < 4.78 is 11.3. The number of carbonyl (C=O) groups excluding carboxylic acids is 1. The maximum Gasteiger partial charge on any atom is 0.331 e. The van der Waals surface area contributed by atoms with Gasteiger partial charge in [-0.05, 0) is 86.7 Å². The molecule has 0 amide bonds. The van der Waals surface area contributed by atoms with E-state index in [0.29, 0.717) is 24.5 Å². The highest BCUT2D eigenvalue weighted by molar-refractivity contribution is 6.30. The molecule has 2 N–H and O–H groups in total. The molecule has 0 atom stereocenters. The van der Waals surface area contributed by atoms with Gasteiger partial charge in [0.05, 0.1) is 18.4 Å². The van der Waals surface area contributed by atoms with Gasteiger partial charge < -0.3 is 24.8 Å². The molecule has 1 fully saturated rings. The van der Waals surface area contributed by atoms with Gasteiger partial charge in [0, 0.05) is 47.7 Å². The first-order valence-electron chi connectivity index (χ1n) is 13.7. The van der Waals surface area contributed by atoms with Gasteiger partial charge in [0.25, 0.3) is 0 Å². The summed E-state index contributed by atoms with van der Waals surface area (Å²) in [4.78, 5) is 19.8. The third-order valence-electron chi connectivity index (χ3n) is 7.83. The van der Waals surface area contributed by atoms with Crippen molar-refractivity contribution in [2.45, 2.75) is 50.9 Å². The smallest absolute Gasteiger partial charge is 0.331 e. The van der Waals surface area contributed by atoms with Gasteiger partial charge in [-0.1, -0.05) is 29.8 Å². The third kappa shape index (κ3) is 6.02. The molecular formula is C32H36ClN3O4. The van der Waals surface area contributed by atoms with Gasteiger partial charge in [-0.15, -0.1) is 0 Å². The molecule has 0 bridgehead atoms. The number of rotatable bonds is 7. The number of pyridine rings is 1. The van der Waals surface area contributed by atoms with Crippen LogP contribution in [0.5, 0.6) is 5.75 Å². The number of aliphatic hydroxyl groups is 1. The number of aromatic nitrogens is 1. The number of nitrogens with one attached hydrogen (secondary N) is 1. The molecule has 1 saturated heterocycles. The number of hydrogen-bond donors (Lipinski definition) is 2. The van der Waals surface area contributed by atoms with E-state index in [0.717, 1.165) is 65.4 Å². The average Bonchev–Trinajstić information content (AvgIpc) is 3.11. The number of carbonyl (C=O) groups is 1. The van der Waals surface area contributed by atoms with Crippen molar-refractivity contribution < 1.29 is 19.4 Å². The first kappa shape index (κ1) is 28.1. The van der Waals surface area contributed by atoms with Gasteiger partial charge in [0.2, 0.25) is 0 Å². The van der Waals surface area contributed by atoms with E-state index in [1.54, 1.807) is 20.0 Å². The van der Waals surface area contributed by atoms with Gasteiger partial charge in [-0.25, -0.2) is 4.79 Å². The lowest BCUT2D eigenvalue weighted by atomic mass is 9.86. The summed E-state index contributed by atoms with van der Waals surface area (Å²) in [6, 6.07) is 17.3. The molecule has 2 aliphatic rings. The minimum absolute atomic E-state index is 0.244. The molecule has 0 radical (unpaired) electrons. The molecule has 2 aromatic carbocycles. The molecule has 3 aromatic rings. The Morgan fingerprint density at radius 3 is 2.62 bits per heavy atom. The van der Waals surface area contributed by atoms with E-state index in [1.165, 1.54) is 7.11 Å². The van der Waals surface area contributed by atoms with E-state index in [9.17, 15) is 9.90 Å². The molecule has 7 nitrogen and oxygen atoms in total. The monoisotopic (exact) mass is 561 g/mol. The number of hydrogen-bond acceptors (Lipinski definition) is 7. The molecule has 0 saturated carbocycles. The number of fused-ring (bicyclic) bond motifs is 2. The number of halogens is 1. The molecule has 2 aliphatic heterocycles. The molecule has 5 rings (SSSR count). The standard InChI is InChI=1S/C32H36ClN3O4/c1-31(2,38)22-8-13-29-27(20-22)25(26-6-4-16-34-28(26)21-40-29)7-5-17-36-18-14-32(15-19-36,30(37)39-3)35-24-11-9-23(33)10-12-24/h4,6-13,16,20,35,38H,5,14-15,17-19,21H2,1-3H3/b25-7-. The van der Waals surface area contributed by atoms with Gasteiger partial charge in [-0.3, -0.25) is 4.98 Å². The minimum Gasteiger partial charge on any atom is -0.487 e. The molecule has 0 aliphatic carbocycles.